The number of benzene rings is 2. The Hall–Kier alpha value is -3.00. The Kier molecular flexibility index (Phi) is 7.77. The van der Waals surface area contributed by atoms with Crippen molar-refractivity contribution in [1.29, 1.82) is 0 Å². The first-order valence-electron chi connectivity index (χ1n) is 11.8. The van der Waals surface area contributed by atoms with Crippen LogP contribution in [0.1, 0.15) is 47.2 Å². The average molecular weight is 464 g/mol. The fraction of sp³-hybridized carbons (Fsp3) is 0.407. The summed E-state index contributed by atoms with van der Waals surface area (Å²) >= 11 is 0. The van der Waals surface area contributed by atoms with Crippen molar-refractivity contribution in [3.63, 3.8) is 0 Å². The minimum Gasteiger partial charge on any atom is -0.390 e. The summed E-state index contributed by atoms with van der Waals surface area (Å²) in [6.45, 7) is 2.72. The van der Waals surface area contributed by atoms with Gasteiger partial charge in [0, 0.05) is 12.6 Å². The maximum Gasteiger partial charge on any atom is 0.233 e. The van der Waals surface area contributed by atoms with Gasteiger partial charge >= 0.3 is 0 Å². The fourth-order valence-corrected chi connectivity index (χ4v) is 4.77. The topological polar surface area (TPSA) is 114 Å². The summed E-state index contributed by atoms with van der Waals surface area (Å²) in [5.74, 6) is -2.18. The van der Waals surface area contributed by atoms with Crippen molar-refractivity contribution in [2.45, 2.75) is 50.5 Å². The van der Waals surface area contributed by atoms with Crippen LogP contribution in [-0.4, -0.2) is 42.2 Å². The molecule has 1 heterocycles. The zero-order valence-electron chi connectivity index (χ0n) is 19.4. The molecule has 2 aromatic carbocycles. The Morgan fingerprint density at radius 2 is 1.94 bits per heavy atom. The van der Waals surface area contributed by atoms with Crippen molar-refractivity contribution < 1.29 is 19.4 Å². The lowest BCUT2D eigenvalue weighted by Crippen LogP contribution is -2.52. The fourth-order valence-electron chi connectivity index (χ4n) is 4.77. The summed E-state index contributed by atoms with van der Waals surface area (Å²) in [6.07, 6.45) is 4.03. The standard InChI is InChI=1S/C27H33N3O4/c1-17-10-11-19-21(13-17)22-15-25(19)34-12-6-5-9-20(26(28)32)27(33)30-23(24(31)16-29-22)14-18-7-3-2-4-8-18/h2-8,10-11,13,20,22-25,29,31H,9,12,14-16H2,1H3,(H2,28,32)(H,30,33)/b6-5+/t20-,22-,23-,24+,25+/m0/s1. The molecule has 2 aliphatic rings. The van der Waals surface area contributed by atoms with E-state index in [1.807, 2.05) is 36.4 Å². The van der Waals surface area contributed by atoms with Gasteiger partial charge in [0.25, 0.3) is 0 Å². The molecule has 0 radical (unpaired) electrons. The molecule has 0 aromatic heterocycles. The SMILES string of the molecule is Cc1ccc2c(c1)[C@@H]1C[C@H]2OC/C=C/C[C@@H](C(N)=O)C(=O)N[C@@H](Cc2ccccc2)[C@H](O)CN1. The van der Waals surface area contributed by atoms with Crippen LogP contribution in [-0.2, 0) is 20.7 Å². The molecular formula is C27H33N3O4. The number of nitrogens with two attached hydrogens (primary N) is 1. The van der Waals surface area contributed by atoms with Gasteiger partial charge in [0.2, 0.25) is 11.8 Å². The molecular weight excluding hydrogens is 430 g/mol. The molecule has 2 amide bonds. The zero-order valence-corrected chi connectivity index (χ0v) is 19.4. The smallest absolute Gasteiger partial charge is 0.233 e. The van der Waals surface area contributed by atoms with Gasteiger partial charge in [-0.1, -0.05) is 66.2 Å². The van der Waals surface area contributed by atoms with Crippen LogP contribution in [0, 0.1) is 12.8 Å². The number of aliphatic hydroxyl groups is 1. The van der Waals surface area contributed by atoms with Gasteiger partial charge < -0.3 is 26.2 Å². The van der Waals surface area contributed by atoms with E-state index in [1.165, 1.54) is 11.1 Å². The Morgan fingerprint density at radius 3 is 2.71 bits per heavy atom. The molecule has 7 nitrogen and oxygen atoms in total. The number of aryl methyl sites for hydroxylation is 1. The predicted octanol–water partition coefficient (Wildman–Crippen LogP) is 2.24. The number of β-amino-alcohol motifs (C(OH)–C–C–N with tert-alkyl or cyclic N) is 1. The Balaban J connectivity index is 1.61. The average Bonchev–Trinajstić information content (AvgIpc) is 3.15. The van der Waals surface area contributed by atoms with Crippen molar-refractivity contribution >= 4 is 11.8 Å². The van der Waals surface area contributed by atoms with Crippen LogP contribution < -0.4 is 16.4 Å². The highest BCUT2D eigenvalue weighted by atomic mass is 16.5. The number of aliphatic hydroxyl groups excluding tert-OH is 1. The highest BCUT2D eigenvalue weighted by molar-refractivity contribution is 5.99. The number of primary amides is 1. The van der Waals surface area contributed by atoms with Crippen LogP contribution in [0.15, 0.2) is 60.7 Å². The van der Waals surface area contributed by atoms with Crippen molar-refractivity contribution in [1.82, 2.24) is 10.6 Å². The summed E-state index contributed by atoms with van der Waals surface area (Å²) in [7, 11) is 0. The van der Waals surface area contributed by atoms with Gasteiger partial charge in [0.15, 0.2) is 0 Å². The first kappa shape index (κ1) is 24.1. The third-order valence-electron chi connectivity index (χ3n) is 6.67. The van der Waals surface area contributed by atoms with E-state index in [1.54, 1.807) is 6.08 Å². The highest BCUT2D eigenvalue weighted by Crippen LogP contribution is 2.41. The van der Waals surface area contributed by atoms with Crippen molar-refractivity contribution in [3.8, 4) is 0 Å². The molecule has 0 spiro atoms. The number of fused-ring (bicyclic) bond motifs is 5. The van der Waals surface area contributed by atoms with E-state index in [-0.39, 0.29) is 25.1 Å². The van der Waals surface area contributed by atoms with Crippen LogP contribution in [0.2, 0.25) is 0 Å². The molecule has 2 bridgehead atoms. The summed E-state index contributed by atoms with van der Waals surface area (Å²) in [5.41, 5.74) is 10.0. The minimum absolute atomic E-state index is 0.0371. The summed E-state index contributed by atoms with van der Waals surface area (Å²) in [5, 5.41) is 17.5. The van der Waals surface area contributed by atoms with Gasteiger partial charge in [-0.3, -0.25) is 9.59 Å². The molecule has 2 aromatic rings. The van der Waals surface area contributed by atoms with E-state index in [2.05, 4.69) is 35.8 Å². The number of nitrogens with one attached hydrogen (secondary N) is 2. The number of amides is 2. The molecule has 0 unspecified atom stereocenters. The first-order chi connectivity index (χ1) is 16.4. The molecule has 34 heavy (non-hydrogen) atoms. The summed E-state index contributed by atoms with van der Waals surface area (Å²) in [6, 6.07) is 15.5. The molecule has 1 aliphatic heterocycles. The number of rotatable bonds is 3. The minimum atomic E-state index is -1.01. The van der Waals surface area contributed by atoms with E-state index >= 15 is 0 Å². The molecule has 7 heteroatoms. The normalized spacial score (nSPS) is 28.8. The molecule has 4 rings (SSSR count). The van der Waals surface area contributed by atoms with Crippen LogP contribution in [0.5, 0.6) is 0 Å². The van der Waals surface area contributed by atoms with Crippen molar-refractivity contribution in [2.24, 2.45) is 11.7 Å². The molecule has 0 saturated carbocycles. The number of carbonyl (C=O) groups excluding carboxylic acids is 2. The lowest BCUT2D eigenvalue weighted by Gasteiger charge is -2.27. The van der Waals surface area contributed by atoms with Crippen LogP contribution in [0.3, 0.4) is 0 Å². The highest BCUT2D eigenvalue weighted by Gasteiger charge is 2.33. The van der Waals surface area contributed by atoms with Gasteiger partial charge in [0.05, 0.1) is 24.9 Å². The molecule has 5 atom stereocenters. The predicted molar refractivity (Wildman–Crippen MR) is 130 cm³/mol. The maximum atomic E-state index is 13.0. The van der Waals surface area contributed by atoms with Crippen molar-refractivity contribution in [3.05, 3.63) is 82.9 Å². The quantitative estimate of drug-likeness (QED) is 0.412. The van der Waals surface area contributed by atoms with E-state index in [0.717, 1.165) is 17.5 Å². The number of ether oxygens (including phenoxy) is 1. The van der Waals surface area contributed by atoms with E-state index in [4.69, 9.17) is 10.5 Å². The molecule has 0 fully saturated rings. The van der Waals surface area contributed by atoms with E-state index in [0.29, 0.717) is 13.0 Å². The third kappa shape index (κ3) is 5.73. The molecule has 0 saturated heterocycles. The Bertz CT molecular complexity index is 1040. The second kappa shape index (κ2) is 11.0. The Labute approximate surface area is 200 Å². The lowest BCUT2D eigenvalue weighted by molar-refractivity contribution is -0.134. The largest absolute Gasteiger partial charge is 0.390 e. The monoisotopic (exact) mass is 463 g/mol. The second-order valence-corrected chi connectivity index (χ2v) is 9.19. The number of hydrogen-bond acceptors (Lipinski definition) is 5. The molecule has 180 valence electrons. The van der Waals surface area contributed by atoms with E-state index < -0.39 is 29.9 Å². The van der Waals surface area contributed by atoms with Gasteiger partial charge in [0.1, 0.15) is 5.92 Å². The van der Waals surface area contributed by atoms with Gasteiger partial charge in [-0.15, -0.1) is 0 Å². The number of allylic oxidation sites excluding steroid dienone is 1. The van der Waals surface area contributed by atoms with E-state index in [9.17, 15) is 14.7 Å². The summed E-state index contributed by atoms with van der Waals surface area (Å²) in [4.78, 5) is 25.0. The van der Waals surface area contributed by atoms with Crippen LogP contribution >= 0.6 is 0 Å². The van der Waals surface area contributed by atoms with Gasteiger partial charge in [-0.25, -0.2) is 0 Å². The van der Waals surface area contributed by atoms with Crippen LogP contribution in [0.25, 0.3) is 0 Å². The number of hydrogen-bond donors (Lipinski definition) is 4. The van der Waals surface area contributed by atoms with Gasteiger partial charge in [-0.2, -0.15) is 0 Å². The molecule has 5 N–H and O–H groups in total. The first-order valence-corrected chi connectivity index (χ1v) is 11.8. The third-order valence-corrected chi connectivity index (χ3v) is 6.67. The van der Waals surface area contributed by atoms with Crippen LogP contribution in [0.4, 0.5) is 0 Å². The second-order valence-electron chi connectivity index (χ2n) is 9.19. The Morgan fingerprint density at radius 1 is 1.15 bits per heavy atom. The maximum absolute atomic E-state index is 13.0. The molecule has 1 aliphatic carbocycles. The summed E-state index contributed by atoms with van der Waals surface area (Å²) < 4.78 is 6.12. The van der Waals surface area contributed by atoms with Crippen molar-refractivity contribution in [2.75, 3.05) is 13.2 Å². The zero-order chi connectivity index (χ0) is 24.1. The van der Waals surface area contributed by atoms with Gasteiger partial charge in [-0.05, 0) is 42.9 Å². The number of carbonyl (C=O) groups is 2. The lowest BCUT2D eigenvalue weighted by atomic mass is 9.97.